The molecule has 0 bridgehead atoms. The fourth-order valence-electron chi connectivity index (χ4n) is 4.36. The predicted molar refractivity (Wildman–Crippen MR) is 142 cm³/mol. The molecule has 0 radical (unpaired) electrons. The van der Waals surface area contributed by atoms with Gasteiger partial charge < -0.3 is 25.3 Å². The van der Waals surface area contributed by atoms with Gasteiger partial charge in [-0.15, -0.1) is 0 Å². The molecule has 0 unspecified atom stereocenters. The first kappa shape index (κ1) is 28.4. The van der Waals surface area contributed by atoms with Gasteiger partial charge >= 0.3 is 0 Å². The van der Waals surface area contributed by atoms with Gasteiger partial charge in [0.25, 0.3) is 0 Å². The van der Waals surface area contributed by atoms with Gasteiger partial charge in [-0.3, -0.25) is 9.59 Å². The summed E-state index contributed by atoms with van der Waals surface area (Å²) >= 11 is 0. The monoisotopic (exact) mass is 513 g/mol. The van der Waals surface area contributed by atoms with Gasteiger partial charge in [-0.2, -0.15) is 0 Å². The molecule has 1 saturated heterocycles. The highest BCUT2D eigenvalue weighted by molar-refractivity contribution is 5.88. The van der Waals surface area contributed by atoms with Crippen molar-refractivity contribution in [1.82, 2.24) is 25.5 Å². The number of aryl methyl sites for hydroxylation is 1. The topological polar surface area (TPSA) is 99.3 Å². The molecule has 3 N–H and O–H groups in total. The van der Waals surface area contributed by atoms with Crippen LogP contribution in [0.1, 0.15) is 64.4 Å². The Morgan fingerprint density at radius 2 is 2.05 bits per heavy atom. The number of nitrogens with one attached hydrogen (secondary N) is 3. The molecule has 1 fully saturated rings. The second-order valence-electron chi connectivity index (χ2n) is 10.3. The Kier molecular flexibility index (Phi) is 9.86. The summed E-state index contributed by atoms with van der Waals surface area (Å²) in [6, 6.07) is 3.87. The summed E-state index contributed by atoms with van der Waals surface area (Å²) in [6.07, 6.45) is 2.93. The molecule has 2 amide bonds. The van der Waals surface area contributed by atoms with Crippen molar-refractivity contribution in [2.75, 3.05) is 19.8 Å². The molecule has 3 rings (SSSR count). The number of halogens is 1. The van der Waals surface area contributed by atoms with E-state index < -0.39 is 12.1 Å². The lowest BCUT2D eigenvalue weighted by molar-refractivity contribution is -0.129. The summed E-state index contributed by atoms with van der Waals surface area (Å²) in [5.41, 5.74) is 2.55. The van der Waals surface area contributed by atoms with Crippen LogP contribution in [0.2, 0.25) is 0 Å². The van der Waals surface area contributed by atoms with Crippen LogP contribution in [0.3, 0.4) is 0 Å². The minimum atomic E-state index is -0.784. The van der Waals surface area contributed by atoms with Crippen LogP contribution in [-0.2, 0) is 14.3 Å². The average molecular weight is 514 g/mol. The minimum Gasteiger partial charge on any atom is -0.377 e. The Labute approximate surface area is 219 Å². The van der Waals surface area contributed by atoms with E-state index in [9.17, 15) is 14.0 Å². The highest BCUT2D eigenvalue weighted by atomic mass is 19.1. The van der Waals surface area contributed by atoms with Crippen LogP contribution in [0.4, 0.5) is 4.39 Å². The number of nitrogens with zero attached hydrogens (tertiary/aromatic N) is 2. The first-order valence-corrected chi connectivity index (χ1v) is 13.0. The van der Waals surface area contributed by atoms with Crippen LogP contribution in [0, 0.1) is 18.7 Å². The number of ether oxygens (including phenoxy) is 1. The van der Waals surface area contributed by atoms with Crippen LogP contribution < -0.4 is 10.6 Å². The second kappa shape index (κ2) is 12.9. The standard InChI is InChI=1S/C28H40FN5O3/c1-17(2)7-10-26(35)32-24(14-19(4)34-11-12-37-16-20(34)5)28(36)31-21(6)27-30-15-25(33-27)22-9-8-18(3)13-23(22)29/h8-9,13,15,17,20-21,24H,4,7,10-12,14,16H2,1-3,5-6H3,(H,30,33)(H,31,36)(H,32,35)/t20-,21-,24-/m0/s1. The lowest BCUT2D eigenvalue weighted by Crippen LogP contribution is -2.50. The second-order valence-corrected chi connectivity index (χ2v) is 10.3. The Morgan fingerprint density at radius 1 is 1.30 bits per heavy atom. The maximum absolute atomic E-state index is 14.4. The van der Waals surface area contributed by atoms with Crippen molar-refractivity contribution < 1.29 is 18.7 Å². The first-order valence-electron chi connectivity index (χ1n) is 13.0. The Hall–Kier alpha value is -3.20. The van der Waals surface area contributed by atoms with Gasteiger partial charge in [-0.05, 0) is 50.8 Å². The number of carbonyl (C=O) groups excluding carboxylic acids is 2. The zero-order chi connectivity index (χ0) is 27.1. The zero-order valence-corrected chi connectivity index (χ0v) is 22.6. The lowest BCUT2D eigenvalue weighted by atomic mass is 10.1. The van der Waals surface area contributed by atoms with Crippen molar-refractivity contribution in [2.24, 2.45) is 5.92 Å². The van der Waals surface area contributed by atoms with E-state index in [-0.39, 0.29) is 30.1 Å². The molecular formula is C28H40FN5O3. The Bertz CT molecular complexity index is 1100. The van der Waals surface area contributed by atoms with E-state index in [4.69, 9.17) is 4.74 Å². The van der Waals surface area contributed by atoms with E-state index in [0.717, 1.165) is 17.7 Å². The lowest BCUT2D eigenvalue weighted by Gasteiger charge is -2.37. The van der Waals surface area contributed by atoms with Crippen LogP contribution in [0.5, 0.6) is 0 Å². The molecule has 2 aromatic rings. The number of morpholine rings is 1. The van der Waals surface area contributed by atoms with E-state index in [1.165, 1.54) is 6.07 Å². The molecule has 3 atom stereocenters. The van der Waals surface area contributed by atoms with Crippen molar-refractivity contribution in [3.63, 3.8) is 0 Å². The average Bonchev–Trinajstić information content (AvgIpc) is 3.32. The SMILES string of the molecule is C=C(C[C@H](NC(=O)CCC(C)C)C(=O)N[C@@H](C)c1ncc(-c2ccc(C)cc2F)[nH]1)N1CCOC[C@@H]1C. The maximum atomic E-state index is 14.4. The highest BCUT2D eigenvalue weighted by Crippen LogP contribution is 2.24. The van der Waals surface area contributed by atoms with Gasteiger partial charge in [0.05, 0.1) is 31.1 Å². The molecule has 1 aliphatic heterocycles. The summed E-state index contributed by atoms with van der Waals surface area (Å²) in [5.74, 6) is 0.0425. The highest BCUT2D eigenvalue weighted by Gasteiger charge is 2.28. The van der Waals surface area contributed by atoms with Gasteiger partial charge in [0.1, 0.15) is 17.7 Å². The van der Waals surface area contributed by atoms with Crippen LogP contribution in [-0.4, -0.2) is 58.5 Å². The van der Waals surface area contributed by atoms with Gasteiger partial charge in [-0.1, -0.05) is 26.5 Å². The number of benzene rings is 1. The summed E-state index contributed by atoms with van der Waals surface area (Å²) < 4.78 is 19.9. The van der Waals surface area contributed by atoms with Crippen molar-refractivity contribution in [3.05, 3.63) is 53.9 Å². The molecule has 0 aliphatic carbocycles. The fraction of sp³-hybridized carbons (Fsp3) is 0.536. The number of aromatic nitrogens is 2. The van der Waals surface area contributed by atoms with Crippen LogP contribution >= 0.6 is 0 Å². The number of H-pyrrole nitrogens is 1. The smallest absolute Gasteiger partial charge is 0.243 e. The molecule has 2 heterocycles. The number of amides is 2. The minimum absolute atomic E-state index is 0.143. The molecule has 1 aromatic carbocycles. The Balaban J connectivity index is 1.70. The molecular weight excluding hydrogens is 473 g/mol. The van der Waals surface area contributed by atoms with Crippen molar-refractivity contribution in [2.45, 2.75) is 72.0 Å². The van der Waals surface area contributed by atoms with Gasteiger partial charge in [0.2, 0.25) is 11.8 Å². The Morgan fingerprint density at radius 3 is 2.73 bits per heavy atom. The van der Waals surface area contributed by atoms with Gasteiger partial charge in [0, 0.05) is 36.7 Å². The summed E-state index contributed by atoms with van der Waals surface area (Å²) in [5, 5.41) is 5.86. The van der Waals surface area contributed by atoms with Crippen molar-refractivity contribution in [3.8, 4) is 11.3 Å². The van der Waals surface area contributed by atoms with E-state index in [0.29, 0.717) is 49.2 Å². The molecule has 0 saturated carbocycles. The van der Waals surface area contributed by atoms with Crippen LogP contribution in [0.15, 0.2) is 36.7 Å². The molecule has 202 valence electrons. The molecule has 8 nitrogen and oxygen atoms in total. The van der Waals surface area contributed by atoms with Gasteiger partial charge in [-0.25, -0.2) is 9.37 Å². The number of carbonyl (C=O) groups is 2. The summed E-state index contributed by atoms with van der Waals surface area (Å²) in [6.45, 7) is 15.9. The van der Waals surface area contributed by atoms with Gasteiger partial charge in [0.15, 0.2) is 0 Å². The van der Waals surface area contributed by atoms with E-state index in [1.807, 2.05) is 19.9 Å². The summed E-state index contributed by atoms with van der Waals surface area (Å²) in [4.78, 5) is 35.6. The first-order chi connectivity index (χ1) is 17.5. The molecule has 37 heavy (non-hydrogen) atoms. The molecule has 9 heteroatoms. The van der Waals surface area contributed by atoms with E-state index >= 15 is 0 Å². The van der Waals surface area contributed by atoms with Crippen LogP contribution in [0.25, 0.3) is 11.3 Å². The fourth-order valence-corrected chi connectivity index (χ4v) is 4.36. The van der Waals surface area contributed by atoms with Crippen molar-refractivity contribution >= 4 is 11.8 Å². The third-order valence-electron chi connectivity index (χ3n) is 6.59. The number of rotatable bonds is 11. The summed E-state index contributed by atoms with van der Waals surface area (Å²) in [7, 11) is 0. The van der Waals surface area contributed by atoms with Crippen molar-refractivity contribution in [1.29, 1.82) is 0 Å². The zero-order valence-electron chi connectivity index (χ0n) is 22.6. The molecule has 0 spiro atoms. The quantitative estimate of drug-likeness (QED) is 0.417. The third-order valence-corrected chi connectivity index (χ3v) is 6.59. The largest absolute Gasteiger partial charge is 0.377 e. The molecule has 1 aromatic heterocycles. The molecule has 1 aliphatic rings. The number of hydrogen-bond acceptors (Lipinski definition) is 5. The van der Waals surface area contributed by atoms with E-state index in [1.54, 1.807) is 19.2 Å². The van der Waals surface area contributed by atoms with E-state index in [2.05, 4.69) is 45.9 Å². The number of imidazole rings is 1. The normalized spacial score (nSPS) is 17.4. The predicted octanol–water partition coefficient (Wildman–Crippen LogP) is 4.25. The number of hydrogen-bond donors (Lipinski definition) is 3. The maximum Gasteiger partial charge on any atom is 0.243 e. The number of aromatic amines is 1. The third kappa shape index (κ3) is 7.89.